The van der Waals surface area contributed by atoms with Crippen LogP contribution in [0.4, 0.5) is 0 Å². The van der Waals surface area contributed by atoms with E-state index in [1.54, 1.807) is 6.07 Å². The van der Waals surface area contributed by atoms with Gasteiger partial charge in [0.05, 0.1) is 0 Å². The van der Waals surface area contributed by atoms with Crippen LogP contribution < -0.4 is 5.32 Å². The van der Waals surface area contributed by atoms with E-state index in [-0.39, 0.29) is 11.9 Å². The Morgan fingerprint density at radius 1 is 1.40 bits per heavy atom. The van der Waals surface area contributed by atoms with Crippen molar-refractivity contribution in [3.05, 3.63) is 33.8 Å². The summed E-state index contributed by atoms with van der Waals surface area (Å²) in [6.07, 6.45) is 1.14. The van der Waals surface area contributed by atoms with Gasteiger partial charge in [-0.25, -0.2) is 0 Å². The summed E-state index contributed by atoms with van der Waals surface area (Å²) in [4.78, 5) is 14.3. The summed E-state index contributed by atoms with van der Waals surface area (Å²) in [5, 5.41) is 4.63. The second-order valence-corrected chi connectivity index (χ2v) is 6.15. The molecule has 3 nitrogen and oxygen atoms in total. The molecule has 20 heavy (non-hydrogen) atoms. The quantitative estimate of drug-likeness (QED) is 0.929. The van der Waals surface area contributed by atoms with Crippen molar-refractivity contribution in [1.29, 1.82) is 0 Å². The Bertz CT molecular complexity index is 493. The molecule has 110 valence electrons. The minimum atomic E-state index is 0.192. The van der Waals surface area contributed by atoms with E-state index in [0.29, 0.717) is 28.9 Å². The van der Waals surface area contributed by atoms with Crippen LogP contribution in [0.25, 0.3) is 0 Å². The number of aryl methyl sites for hydroxylation is 1. The third kappa shape index (κ3) is 3.66. The molecule has 1 aliphatic rings. The van der Waals surface area contributed by atoms with Gasteiger partial charge in [-0.3, -0.25) is 4.79 Å². The molecular weight excluding hydrogens is 295 g/mol. The van der Waals surface area contributed by atoms with Crippen LogP contribution in [0, 0.1) is 0 Å². The van der Waals surface area contributed by atoms with E-state index >= 15 is 0 Å². The molecule has 0 radical (unpaired) electrons. The van der Waals surface area contributed by atoms with Crippen molar-refractivity contribution in [3.63, 3.8) is 0 Å². The lowest BCUT2D eigenvalue weighted by Crippen LogP contribution is -2.57. The van der Waals surface area contributed by atoms with Crippen LogP contribution in [0.15, 0.2) is 18.2 Å². The van der Waals surface area contributed by atoms with Crippen LogP contribution >= 0.6 is 23.2 Å². The lowest BCUT2D eigenvalue weighted by Gasteiger charge is -2.38. The van der Waals surface area contributed by atoms with Crippen molar-refractivity contribution < 1.29 is 4.79 Å². The number of nitrogens with zero attached hydrogens (tertiary/aromatic N) is 1. The summed E-state index contributed by atoms with van der Waals surface area (Å²) in [6, 6.07) is 5.99. The summed E-state index contributed by atoms with van der Waals surface area (Å²) in [5.74, 6) is 0.192. The maximum atomic E-state index is 12.3. The van der Waals surface area contributed by atoms with Crippen LogP contribution in [0.2, 0.25) is 10.0 Å². The standard InChI is InChI=1S/C15H20Cl2N2O/c1-10-11(2)19(8-7-18-10)15(20)6-4-12-3-5-13(16)9-14(12)17/h3,5,9-11,18H,4,6-8H2,1-2H3. The Morgan fingerprint density at radius 2 is 2.15 bits per heavy atom. The molecule has 0 spiro atoms. The highest BCUT2D eigenvalue weighted by molar-refractivity contribution is 6.35. The van der Waals surface area contributed by atoms with Crippen molar-refractivity contribution in [1.82, 2.24) is 10.2 Å². The fraction of sp³-hybridized carbons (Fsp3) is 0.533. The lowest BCUT2D eigenvalue weighted by molar-refractivity contribution is -0.134. The predicted octanol–water partition coefficient (Wildman–Crippen LogP) is 3.13. The van der Waals surface area contributed by atoms with Gasteiger partial charge in [-0.05, 0) is 38.0 Å². The Morgan fingerprint density at radius 3 is 2.85 bits per heavy atom. The highest BCUT2D eigenvalue weighted by Crippen LogP contribution is 2.22. The number of carbonyl (C=O) groups excluding carboxylic acids is 1. The summed E-state index contributed by atoms with van der Waals surface area (Å²) >= 11 is 12.0. The lowest BCUT2D eigenvalue weighted by atomic mass is 10.0. The molecule has 5 heteroatoms. The van der Waals surface area contributed by atoms with Gasteiger partial charge in [-0.15, -0.1) is 0 Å². The molecule has 1 aromatic carbocycles. The third-order valence-electron chi connectivity index (χ3n) is 3.98. The maximum absolute atomic E-state index is 12.3. The van der Waals surface area contributed by atoms with Crippen molar-refractivity contribution in [3.8, 4) is 0 Å². The highest BCUT2D eigenvalue weighted by Gasteiger charge is 2.27. The monoisotopic (exact) mass is 314 g/mol. The molecule has 1 heterocycles. The van der Waals surface area contributed by atoms with Gasteiger partial charge in [0.15, 0.2) is 0 Å². The number of benzene rings is 1. The highest BCUT2D eigenvalue weighted by atomic mass is 35.5. The fourth-order valence-electron chi connectivity index (χ4n) is 2.52. The van der Waals surface area contributed by atoms with E-state index in [9.17, 15) is 4.79 Å². The average Bonchev–Trinajstić information content (AvgIpc) is 2.40. The van der Waals surface area contributed by atoms with Crippen molar-refractivity contribution in [2.24, 2.45) is 0 Å². The molecule has 0 aliphatic carbocycles. The fourth-order valence-corrected chi connectivity index (χ4v) is 3.02. The molecule has 1 saturated heterocycles. The minimum absolute atomic E-state index is 0.192. The van der Waals surface area contributed by atoms with Gasteiger partial charge in [0.1, 0.15) is 0 Å². The summed E-state index contributed by atoms with van der Waals surface area (Å²) in [5.41, 5.74) is 0.972. The summed E-state index contributed by atoms with van der Waals surface area (Å²) < 4.78 is 0. The Hall–Kier alpha value is -0.770. The molecular formula is C15H20Cl2N2O. The van der Waals surface area contributed by atoms with E-state index in [4.69, 9.17) is 23.2 Å². The number of halogens is 2. The zero-order valence-corrected chi connectivity index (χ0v) is 13.3. The molecule has 1 fully saturated rings. The van der Waals surface area contributed by atoms with Crippen LogP contribution in [0.3, 0.4) is 0 Å². The number of hydrogen-bond acceptors (Lipinski definition) is 2. The Labute approximate surface area is 130 Å². The van der Waals surface area contributed by atoms with Crippen molar-refractivity contribution >= 4 is 29.1 Å². The van der Waals surface area contributed by atoms with E-state index < -0.39 is 0 Å². The number of rotatable bonds is 3. The van der Waals surface area contributed by atoms with E-state index in [1.807, 2.05) is 17.0 Å². The van der Waals surface area contributed by atoms with Gasteiger partial charge in [0.25, 0.3) is 0 Å². The van der Waals surface area contributed by atoms with E-state index in [0.717, 1.165) is 18.7 Å². The summed E-state index contributed by atoms with van der Waals surface area (Å²) in [6.45, 7) is 5.84. The Balaban J connectivity index is 1.94. The first-order valence-corrected chi connectivity index (χ1v) is 7.71. The first-order chi connectivity index (χ1) is 9.49. The first kappa shape index (κ1) is 15.6. The maximum Gasteiger partial charge on any atom is 0.223 e. The van der Waals surface area contributed by atoms with Gasteiger partial charge in [0.2, 0.25) is 5.91 Å². The zero-order valence-electron chi connectivity index (χ0n) is 11.8. The molecule has 0 saturated carbocycles. The molecule has 1 N–H and O–H groups in total. The number of carbonyl (C=O) groups is 1. The van der Waals surface area contributed by atoms with E-state index in [2.05, 4.69) is 19.2 Å². The number of nitrogens with one attached hydrogen (secondary N) is 1. The topological polar surface area (TPSA) is 32.3 Å². The molecule has 2 rings (SSSR count). The normalized spacial score (nSPS) is 22.9. The van der Waals surface area contributed by atoms with Gasteiger partial charge < -0.3 is 10.2 Å². The largest absolute Gasteiger partial charge is 0.337 e. The van der Waals surface area contributed by atoms with Crippen LogP contribution in [-0.4, -0.2) is 36.0 Å². The van der Waals surface area contributed by atoms with Gasteiger partial charge in [-0.2, -0.15) is 0 Å². The molecule has 2 unspecified atom stereocenters. The molecule has 1 aromatic rings. The Kier molecular flexibility index (Phi) is 5.30. The van der Waals surface area contributed by atoms with Gasteiger partial charge in [0, 0.05) is 41.6 Å². The predicted molar refractivity (Wildman–Crippen MR) is 83.4 cm³/mol. The number of amides is 1. The van der Waals surface area contributed by atoms with Gasteiger partial charge >= 0.3 is 0 Å². The molecule has 0 aromatic heterocycles. The van der Waals surface area contributed by atoms with Crippen LogP contribution in [-0.2, 0) is 11.2 Å². The van der Waals surface area contributed by atoms with Crippen LogP contribution in [0.5, 0.6) is 0 Å². The molecule has 1 aliphatic heterocycles. The molecule has 0 bridgehead atoms. The summed E-state index contributed by atoms with van der Waals surface area (Å²) in [7, 11) is 0. The third-order valence-corrected chi connectivity index (χ3v) is 4.56. The van der Waals surface area contributed by atoms with Gasteiger partial charge in [-0.1, -0.05) is 29.3 Å². The minimum Gasteiger partial charge on any atom is -0.337 e. The molecule has 1 amide bonds. The SMILES string of the molecule is CC1NCCN(C(=O)CCc2ccc(Cl)cc2Cl)C1C. The van der Waals surface area contributed by atoms with Crippen molar-refractivity contribution in [2.45, 2.75) is 38.8 Å². The second kappa shape index (κ2) is 6.79. The second-order valence-electron chi connectivity index (χ2n) is 5.31. The number of piperazine rings is 1. The first-order valence-electron chi connectivity index (χ1n) is 6.96. The van der Waals surface area contributed by atoms with Crippen LogP contribution in [0.1, 0.15) is 25.8 Å². The average molecular weight is 315 g/mol. The smallest absolute Gasteiger partial charge is 0.223 e. The number of hydrogen-bond donors (Lipinski definition) is 1. The van der Waals surface area contributed by atoms with Crippen molar-refractivity contribution in [2.75, 3.05) is 13.1 Å². The zero-order chi connectivity index (χ0) is 14.7. The van der Waals surface area contributed by atoms with E-state index in [1.165, 1.54) is 0 Å². The molecule has 2 atom stereocenters.